The predicted molar refractivity (Wildman–Crippen MR) is 61.5 cm³/mol. The van der Waals surface area contributed by atoms with Gasteiger partial charge in [-0.15, -0.1) is 0 Å². The highest BCUT2D eigenvalue weighted by Crippen LogP contribution is 2.42. The molecular formula is C12H19N3O2. The van der Waals surface area contributed by atoms with Crippen molar-refractivity contribution in [3.63, 3.8) is 0 Å². The molecule has 5 heteroatoms. The first kappa shape index (κ1) is 11.2. The molecule has 2 N–H and O–H groups in total. The second-order valence-corrected chi connectivity index (χ2v) is 5.34. The zero-order valence-corrected chi connectivity index (χ0v) is 10.0. The van der Waals surface area contributed by atoms with Crippen molar-refractivity contribution < 1.29 is 9.26 Å². The maximum atomic E-state index is 5.84. The van der Waals surface area contributed by atoms with Crippen LogP contribution in [-0.2, 0) is 11.2 Å². The van der Waals surface area contributed by atoms with Gasteiger partial charge in [-0.3, -0.25) is 0 Å². The van der Waals surface area contributed by atoms with Crippen LogP contribution in [-0.4, -0.2) is 29.9 Å². The third-order valence-electron chi connectivity index (χ3n) is 4.15. The van der Waals surface area contributed by atoms with Crippen molar-refractivity contribution in [2.75, 3.05) is 19.8 Å². The minimum atomic E-state index is 0.232. The molecule has 0 spiro atoms. The van der Waals surface area contributed by atoms with Crippen LogP contribution in [0.4, 0.5) is 0 Å². The highest BCUT2D eigenvalue weighted by Gasteiger charge is 2.37. The van der Waals surface area contributed by atoms with Gasteiger partial charge in [-0.1, -0.05) is 11.6 Å². The van der Waals surface area contributed by atoms with Gasteiger partial charge in [0.25, 0.3) is 0 Å². The van der Waals surface area contributed by atoms with Gasteiger partial charge in [0.15, 0.2) is 5.82 Å². The van der Waals surface area contributed by atoms with Gasteiger partial charge in [-0.2, -0.15) is 4.98 Å². The quantitative estimate of drug-likeness (QED) is 0.853. The minimum Gasteiger partial charge on any atom is -0.381 e. The van der Waals surface area contributed by atoms with E-state index in [1.807, 2.05) is 0 Å². The highest BCUT2D eigenvalue weighted by atomic mass is 16.5. The first-order valence-electron chi connectivity index (χ1n) is 6.42. The summed E-state index contributed by atoms with van der Waals surface area (Å²) in [5.41, 5.74) is 6.07. The highest BCUT2D eigenvalue weighted by molar-refractivity contribution is 5.01. The van der Waals surface area contributed by atoms with Crippen molar-refractivity contribution in [3.05, 3.63) is 11.7 Å². The number of nitrogens with two attached hydrogens (primary N) is 1. The van der Waals surface area contributed by atoms with Crippen LogP contribution in [0.5, 0.6) is 0 Å². The Morgan fingerprint density at radius 2 is 2.29 bits per heavy atom. The van der Waals surface area contributed by atoms with Crippen LogP contribution in [0.15, 0.2) is 4.52 Å². The van der Waals surface area contributed by atoms with E-state index in [4.69, 9.17) is 15.0 Å². The van der Waals surface area contributed by atoms with Gasteiger partial charge < -0.3 is 15.0 Å². The van der Waals surface area contributed by atoms with Gasteiger partial charge in [0.2, 0.25) is 5.89 Å². The Bertz CT molecular complexity index is 375. The van der Waals surface area contributed by atoms with Crippen molar-refractivity contribution in [1.82, 2.24) is 10.1 Å². The predicted octanol–water partition coefficient (Wildman–Crippen LogP) is 1.24. The lowest BCUT2D eigenvalue weighted by Gasteiger charge is -2.39. The van der Waals surface area contributed by atoms with Crippen LogP contribution < -0.4 is 5.73 Å². The lowest BCUT2D eigenvalue weighted by Crippen LogP contribution is -2.39. The summed E-state index contributed by atoms with van der Waals surface area (Å²) in [7, 11) is 0. The monoisotopic (exact) mass is 237 g/mol. The molecule has 1 saturated heterocycles. The van der Waals surface area contributed by atoms with Crippen molar-refractivity contribution in [3.8, 4) is 0 Å². The molecule has 5 nitrogen and oxygen atoms in total. The van der Waals surface area contributed by atoms with E-state index < -0.39 is 0 Å². The number of ether oxygens (including phenoxy) is 1. The molecule has 1 saturated carbocycles. The van der Waals surface area contributed by atoms with E-state index in [2.05, 4.69) is 10.1 Å². The number of rotatable bonds is 4. The van der Waals surface area contributed by atoms with E-state index in [1.54, 1.807) is 0 Å². The average Bonchev–Trinajstić information content (AvgIpc) is 2.94. The molecule has 0 amide bonds. The number of aromatic nitrogens is 2. The fourth-order valence-electron chi connectivity index (χ4n) is 2.69. The molecule has 3 rings (SSSR count). The van der Waals surface area contributed by atoms with E-state index in [0.717, 1.165) is 44.3 Å². The van der Waals surface area contributed by atoms with E-state index in [-0.39, 0.29) is 5.41 Å². The Morgan fingerprint density at radius 1 is 1.41 bits per heavy atom. The smallest absolute Gasteiger partial charge is 0.227 e. The maximum Gasteiger partial charge on any atom is 0.227 e. The molecule has 1 aromatic rings. The van der Waals surface area contributed by atoms with Crippen molar-refractivity contribution >= 4 is 0 Å². The Morgan fingerprint density at radius 3 is 2.88 bits per heavy atom. The zero-order chi connectivity index (χ0) is 11.7. The number of hydrogen-bond donors (Lipinski definition) is 1. The van der Waals surface area contributed by atoms with Crippen LogP contribution in [0.3, 0.4) is 0 Å². The number of hydrogen-bond acceptors (Lipinski definition) is 5. The molecule has 2 heterocycles. The Labute approximate surface area is 101 Å². The summed E-state index contributed by atoms with van der Waals surface area (Å²) in [5.74, 6) is 1.88. The summed E-state index contributed by atoms with van der Waals surface area (Å²) in [4.78, 5) is 4.49. The van der Waals surface area contributed by atoms with Crippen molar-refractivity contribution in [2.24, 2.45) is 11.1 Å². The molecule has 2 aliphatic rings. The Hall–Kier alpha value is -0.940. The van der Waals surface area contributed by atoms with Crippen molar-refractivity contribution in [2.45, 2.75) is 38.0 Å². The first-order chi connectivity index (χ1) is 8.31. The summed E-state index contributed by atoms with van der Waals surface area (Å²) >= 11 is 0. The largest absolute Gasteiger partial charge is 0.381 e. The van der Waals surface area contributed by atoms with E-state index >= 15 is 0 Å². The fourth-order valence-corrected chi connectivity index (χ4v) is 2.69. The van der Waals surface area contributed by atoms with Gasteiger partial charge in [0.05, 0.1) is 6.61 Å². The maximum absolute atomic E-state index is 5.84. The molecule has 0 bridgehead atoms. The fraction of sp³-hybridized carbons (Fsp3) is 0.833. The molecule has 94 valence electrons. The normalized spacial score (nSPS) is 27.0. The molecule has 1 aromatic heterocycles. The minimum absolute atomic E-state index is 0.232. The number of nitrogens with zero attached hydrogens (tertiary/aromatic N) is 2. The summed E-state index contributed by atoms with van der Waals surface area (Å²) < 4.78 is 10.7. The molecule has 0 radical (unpaired) electrons. The van der Waals surface area contributed by atoms with Gasteiger partial charge in [0.1, 0.15) is 0 Å². The zero-order valence-electron chi connectivity index (χ0n) is 10.0. The van der Waals surface area contributed by atoms with Gasteiger partial charge >= 0.3 is 0 Å². The lowest BCUT2D eigenvalue weighted by molar-refractivity contribution is 0.129. The molecule has 2 fully saturated rings. The van der Waals surface area contributed by atoms with Gasteiger partial charge in [0, 0.05) is 18.9 Å². The third kappa shape index (κ3) is 2.09. The SMILES string of the molecule is NCC1(Cc2nc(C3CCOC3)no2)CCC1. The van der Waals surface area contributed by atoms with Gasteiger partial charge in [-0.05, 0) is 31.2 Å². The van der Waals surface area contributed by atoms with Crippen molar-refractivity contribution in [1.29, 1.82) is 0 Å². The Balaban J connectivity index is 1.67. The molecule has 1 atom stereocenters. The van der Waals surface area contributed by atoms with E-state index in [0.29, 0.717) is 5.92 Å². The summed E-state index contributed by atoms with van der Waals surface area (Å²) in [6.07, 6.45) is 5.49. The molecule has 1 aliphatic heterocycles. The van der Waals surface area contributed by atoms with Crippen LogP contribution in [0.1, 0.15) is 43.3 Å². The van der Waals surface area contributed by atoms with Crippen LogP contribution in [0, 0.1) is 5.41 Å². The molecule has 0 aromatic carbocycles. The van der Waals surface area contributed by atoms with Crippen LogP contribution in [0.25, 0.3) is 0 Å². The Kier molecular flexibility index (Phi) is 2.88. The first-order valence-corrected chi connectivity index (χ1v) is 6.42. The summed E-state index contributed by atoms with van der Waals surface area (Å²) in [5, 5.41) is 4.07. The molecular weight excluding hydrogens is 218 g/mol. The van der Waals surface area contributed by atoms with Gasteiger partial charge in [-0.25, -0.2) is 0 Å². The van der Waals surface area contributed by atoms with Crippen LogP contribution in [0.2, 0.25) is 0 Å². The van der Waals surface area contributed by atoms with E-state index in [9.17, 15) is 0 Å². The average molecular weight is 237 g/mol. The lowest BCUT2D eigenvalue weighted by atomic mass is 9.67. The molecule has 1 unspecified atom stereocenters. The second-order valence-electron chi connectivity index (χ2n) is 5.34. The van der Waals surface area contributed by atoms with E-state index in [1.165, 1.54) is 19.3 Å². The summed E-state index contributed by atoms with van der Waals surface area (Å²) in [6, 6.07) is 0. The third-order valence-corrected chi connectivity index (χ3v) is 4.15. The molecule has 17 heavy (non-hydrogen) atoms. The summed E-state index contributed by atoms with van der Waals surface area (Å²) in [6.45, 7) is 2.25. The molecule has 1 aliphatic carbocycles. The second kappa shape index (κ2) is 4.38. The van der Waals surface area contributed by atoms with Crippen LogP contribution >= 0.6 is 0 Å². The topological polar surface area (TPSA) is 74.2 Å². The standard InChI is InChI=1S/C12H19N3O2/c13-8-12(3-1-4-12)6-10-14-11(15-17-10)9-2-5-16-7-9/h9H,1-8,13H2.